The fourth-order valence-electron chi connectivity index (χ4n) is 3.01. The standard InChI is InChI=1S/C24H24N2O4/c1-15(2)25-23(28)14-30-22-13-19-7-5-4-6-18(19)12-21(22)24(29)26-20-10-8-17(9-11-20)16(3)27/h4-13,15H,14H2,1-3H3,(H,25,28)(H,26,29). The van der Waals surface area contributed by atoms with Crippen LogP contribution in [0, 0.1) is 0 Å². The van der Waals surface area contributed by atoms with Crippen LogP contribution in [0.2, 0.25) is 0 Å². The number of hydrogen-bond donors (Lipinski definition) is 2. The molecule has 0 spiro atoms. The number of benzene rings is 3. The Morgan fingerprint density at radius 1 is 0.933 bits per heavy atom. The van der Waals surface area contributed by atoms with Crippen molar-refractivity contribution in [2.24, 2.45) is 0 Å². The van der Waals surface area contributed by atoms with Gasteiger partial charge in [0.05, 0.1) is 5.56 Å². The molecule has 3 rings (SSSR count). The maximum Gasteiger partial charge on any atom is 0.259 e. The maximum absolute atomic E-state index is 13.0. The van der Waals surface area contributed by atoms with Gasteiger partial charge >= 0.3 is 0 Å². The zero-order valence-electron chi connectivity index (χ0n) is 17.2. The Hall–Kier alpha value is -3.67. The van der Waals surface area contributed by atoms with Gasteiger partial charge in [0.25, 0.3) is 11.8 Å². The van der Waals surface area contributed by atoms with E-state index >= 15 is 0 Å². The first kappa shape index (κ1) is 21.0. The van der Waals surface area contributed by atoms with Crippen molar-refractivity contribution in [3.05, 3.63) is 71.8 Å². The molecule has 30 heavy (non-hydrogen) atoms. The van der Waals surface area contributed by atoms with Crippen LogP contribution in [0.25, 0.3) is 10.8 Å². The largest absolute Gasteiger partial charge is 0.483 e. The van der Waals surface area contributed by atoms with E-state index in [1.165, 1.54) is 6.92 Å². The minimum absolute atomic E-state index is 0.00144. The highest BCUT2D eigenvalue weighted by Crippen LogP contribution is 2.27. The van der Waals surface area contributed by atoms with E-state index in [1.54, 1.807) is 36.4 Å². The fourth-order valence-corrected chi connectivity index (χ4v) is 3.01. The average molecular weight is 404 g/mol. The molecule has 6 heteroatoms. The van der Waals surface area contributed by atoms with Gasteiger partial charge in [-0.2, -0.15) is 0 Å². The molecule has 3 aromatic carbocycles. The van der Waals surface area contributed by atoms with E-state index in [-0.39, 0.29) is 30.2 Å². The van der Waals surface area contributed by atoms with E-state index in [9.17, 15) is 14.4 Å². The summed E-state index contributed by atoms with van der Waals surface area (Å²) in [7, 11) is 0. The van der Waals surface area contributed by atoms with Crippen LogP contribution in [0.3, 0.4) is 0 Å². The summed E-state index contributed by atoms with van der Waals surface area (Å²) >= 11 is 0. The molecule has 0 aliphatic heterocycles. The van der Waals surface area contributed by atoms with Gasteiger partial charge in [-0.3, -0.25) is 14.4 Å². The summed E-state index contributed by atoms with van der Waals surface area (Å²) in [5.74, 6) is -0.344. The van der Waals surface area contributed by atoms with Gasteiger partial charge in [0.15, 0.2) is 12.4 Å². The van der Waals surface area contributed by atoms with E-state index in [2.05, 4.69) is 10.6 Å². The Labute approximate surface area is 175 Å². The number of anilines is 1. The summed E-state index contributed by atoms with van der Waals surface area (Å²) in [5, 5.41) is 7.36. The SMILES string of the molecule is CC(=O)c1ccc(NC(=O)c2cc3ccccc3cc2OCC(=O)NC(C)C)cc1. The van der Waals surface area contributed by atoms with Gasteiger partial charge in [0, 0.05) is 17.3 Å². The van der Waals surface area contributed by atoms with Crippen LogP contribution in [-0.2, 0) is 4.79 Å². The van der Waals surface area contributed by atoms with Crippen LogP contribution in [0.5, 0.6) is 5.75 Å². The van der Waals surface area contributed by atoms with Crippen LogP contribution in [0.4, 0.5) is 5.69 Å². The average Bonchev–Trinajstić information content (AvgIpc) is 2.71. The number of Topliss-reactive ketones (excluding diaryl/α,β-unsaturated/α-hetero) is 1. The molecule has 0 fully saturated rings. The predicted octanol–water partition coefficient (Wildman–Crippen LogP) is 4.20. The molecule has 154 valence electrons. The lowest BCUT2D eigenvalue weighted by molar-refractivity contribution is -0.123. The molecule has 0 aliphatic carbocycles. The summed E-state index contributed by atoms with van der Waals surface area (Å²) in [5.41, 5.74) is 1.45. The third-order valence-corrected chi connectivity index (χ3v) is 4.45. The second-order valence-electron chi connectivity index (χ2n) is 7.29. The fraction of sp³-hybridized carbons (Fsp3) is 0.208. The Balaban J connectivity index is 1.86. The molecule has 0 aromatic heterocycles. The van der Waals surface area contributed by atoms with Crippen molar-refractivity contribution in [1.29, 1.82) is 0 Å². The number of nitrogens with one attached hydrogen (secondary N) is 2. The van der Waals surface area contributed by atoms with Crippen molar-refractivity contribution in [2.75, 3.05) is 11.9 Å². The number of ether oxygens (including phenoxy) is 1. The molecular weight excluding hydrogens is 380 g/mol. The monoisotopic (exact) mass is 404 g/mol. The zero-order valence-corrected chi connectivity index (χ0v) is 17.2. The second-order valence-corrected chi connectivity index (χ2v) is 7.29. The molecular formula is C24H24N2O4. The van der Waals surface area contributed by atoms with Gasteiger partial charge in [-0.05, 0) is 67.9 Å². The Morgan fingerprint density at radius 3 is 2.17 bits per heavy atom. The topological polar surface area (TPSA) is 84.5 Å². The molecule has 0 radical (unpaired) electrons. The third kappa shape index (κ3) is 5.23. The molecule has 0 bridgehead atoms. The molecule has 0 heterocycles. The number of fused-ring (bicyclic) bond motifs is 1. The first-order valence-corrected chi connectivity index (χ1v) is 9.71. The first-order valence-electron chi connectivity index (χ1n) is 9.71. The summed E-state index contributed by atoms with van der Waals surface area (Å²) in [6.07, 6.45) is 0. The van der Waals surface area contributed by atoms with E-state index < -0.39 is 0 Å². The lowest BCUT2D eigenvalue weighted by Crippen LogP contribution is -2.34. The molecule has 0 atom stereocenters. The highest BCUT2D eigenvalue weighted by molar-refractivity contribution is 6.09. The van der Waals surface area contributed by atoms with E-state index in [0.29, 0.717) is 22.6 Å². The van der Waals surface area contributed by atoms with Crippen molar-refractivity contribution in [3.8, 4) is 5.75 Å². The molecule has 0 unspecified atom stereocenters. The van der Waals surface area contributed by atoms with Gasteiger partial charge in [0.2, 0.25) is 0 Å². The quantitative estimate of drug-likeness (QED) is 0.578. The summed E-state index contributed by atoms with van der Waals surface area (Å²) in [6.45, 7) is 5.03. The highest BCUT2D eigenvalue weighted by atomic mass is 16.5. The maximum atomic E-state index is 13.0. The summed E-state index contributed by atoms with van der Waals surface area (Å²) in [6, 6.07) is 17.8. The van der Waals surface area contributed by atoms with Crippen molar-refractivity contribution in [3.63, 3.8) is 0 Å². The van der Waals surface area contributed by atoms with Crippen LogP contribution in [0.1, 0.15) is 41.5 Å². The minimum atomic E-state index is -0.365. The molecule has 6 nitrogen and oxygen atoms in total. The summed E-state index contributed by atoms with van der Waals surface area (Å²) in [4.78, 5) is 36.4. The van der Waals surface area contributed by atoms with E-state index in [0.717, 1.165) is 10.8 Å². The van der Waals surface area contributed by atoms with Crippen molar-refractivity contribution < 1.29 is 19.1 Å². The number of rotatable bonds is 7. The highest BCUT2D eigenvalue weighted by Gasteiger charge is 2.16. The second kappa shape index (κ2) is 9.22. The number of hydrogen-bond acceptors (Lipinski definition) is 4. The van der Waals surface area contributed by atoms with Crippen molar-refractivity contribution in [1.82, 2.24) is 5.32 Å². The lowest BCUT2D eigenvalue weighted by atomic mass is 10.0. The van der Waals surface area contributed by atoms with Gasteiger partial charge in [-0.15, -0.1) is 0 Å². The lowest BCUT2D eigenvalue weighted by Gasteiger charge is -2.14. The van der Waals surface area contributed by atoms with Gasteiger partial charge in [0.1, 0.15) is 5.75 Å². The Kier molecular flexibility index (Phi) is 6.47. The molecule has 2 amide bonds. The Morgan fingerprint density at radius 2 is 1.57 bits per heavy atom. The molecule has 0 saturated carbocycles. The molecule has 0 saturated heterocycles. The molecule has 3 aromatic rings. The number of amides is 2. The first-order chi connectivity index (χ1) is 14.3. The number of carbonyl (C=O) groups excluding carboxylic acids is 3. The minimum Gasteiger partial charge on any atom is -0.483 e. The van der Waals surface area contributed by atoms with Crippen molar-refractivity contribution in [2.45, 2.75) is 26.8 Å². The third-order valence-electron chi connectivity index (χ3n) is 4.45. The molecule has 0 aliphatic rings. The Bertz CT molecular complexity index is 1090. The van der Waals surface area contributed by atoms with Crippen LogP contribution < -0.4 is 15.4 Å². The zero-order chi connectivity index (χ0) is 21.7. The van der Waals surface area contributed by atoms with Crippen molar-refractivity contribution >= 4 is 34.1 Å². The van der Waals surface area contributed by atoms with Gasteiger partial charge in [-0.1, -0.05) is 24.3 Å². The number of ketones is 1. The smallest absolute Gasteiger partial charge is 0.259 e. The van der Waals surface area contributed by atoms with Crippen LogP contribution in [0.15, 0.2) is 60.7 Å². The van der Waals surface area contributed by atoms with E-state index in [1.807, 2.05) is 38.1 Å². The van der Waals surface area contributed by atoms with E-state index in [4.69, 9.17) is 4.74 Å². The van der Waals surface area contributed by atoms with Gasteiger partial charge < -0.3 is 15.4 Å². The summed E-state index contributed by atoms with van der Waals surface area (Å²) < 4.78 is 5.70. The number of carbonyl (C=O) groups is 3. The van der Waals surface area contributed by atoms with Gasteiger partial charge in [-0.25, -0.2) is 0 Å². The predicted molar refractivity (Wildman–Crippen MR) is 117 cm³/mol. The van der Waals surface area contributed by atoms with Crippen LogP contribution in [-0.4, -0.2) is 30.2 Å². The normalized spacial score (nSPS) is 10.7. The molecule has 2 N–H and O–H groups in total. The van der Waals surface area contributed by atoms with Crippen LogP contribution >= 0.6 is 0 Å².